The number of rotatable bonds is 5. The van der Waals surface area contributed by atoms with Crippen molar-refractivity contribution in [3.63, 3.8) is 0 Å². The number of nitrogens with one attached hydrogen (secondary N) is 2. The number of aromatic amines is 1. The van der Waals surface area contributed by atoms with E-state index in [4.69, 9.17) is 4.74 Å². The monoisotopic (exact) mass is 364 g/mol. The predicted octanol–water partition coefficient (Wildman–Crippen LogP) is 1.65. The predicted molar refractivity (Wildman–Crippen MR) is 106 cm³/mol. The fraction of sp³-hybridized carbons (Fsp3) is 0.318. The number of para-hydroxylation sites is 1. The molecule has 0 spiro atoms. The summed E-state index contributed by atoms with van der Waals surface area (Å²) >= 11 is 0. The van der Waals surface area contributed by atoms with E-state index in [0.717, 1.165) is 54.9 Å². The smallest absolute Gasteiger partial charge is 0.227 e. The molecule has 2 N–H and O–H groups in total. The van der Waals surface area contributed by atoms with Crippen LogP contribution in [-0.2, 0) is 17.8 Å². The average molecular weight is 364 g/mol. The lowest BCUT2D eigenvalue weighted by Crippen LogP contribution is -3.13. The third-order valence-corrected chi connectivity index (χ3v) is 5.45. The first-order valence-corrected chi connectivity index (χ1v) is 9.52. The number of benzene rings is 2. The van der Waals surface area contributed by atoms with Crippen LogP contribution in [0.4, 0.5) is 0 Å². The van der Waals surface area contributed by atoms with Crippen LogP contribution >= 0.6 is 0 Å². The van der Waals surface area contributed by atoms with Gasteiger partial charge in [-0.1, -0.05) is 18.2 Å². The first kappa shape index (κ1) is 17.6. The molecule has 1 amide bonds. The van der Waals surface area contributed by atoms with Crippen LogP contribution < -0.4 is 9.64 Å². The molecule has 0 aliphatic carbocycles. The average Bonchev–Trinajstić information content (AvgIpc) is 3.12. The Balaban J connectivity index is 1.31. The van der Waals surface area contributed by atoms with E-state index >= 15 is 0 Å². The van der Waals surface area contributed by atoms with E-state index in [-0.39, 0.29) is 5.91 Å². The number of carbonyl (C=O) groups is 1. The molecule has 1 saturated heterocycles. The minimum absolute atomic E-state index is 0.225. The standard InChI is InChI=1S/C22H25N3O2/c1-27-19-8-6-17(7-9-19)16-24-10-12-25(13-11-24)22(26)14-18-15-23-21-5-3-2-4-20(18)21/h2-9,15,23H,10-14,16H2,1H3/p+1. The highest BCUT2D eigenvalue weighted by atomic mass is 16.5. The molecule has 1 aliphatic rings. The Hall–Kier alpha value is -2.79. The molecule has 2 heterocycles. The molecule has 3 aromatic rings. The maximum atomic E-state index is 12.7. The van der Waals surface area contributed by atoms with E-state index in [9.17, 15) is 4.79 Å². The zero-order valence-electron chi connectivity index (χ0n) is 15.7. The highest BCUT2D eigenvalue weighted by Crippen LogP contribution is 2.18. The molecule has 2 aromatic carbocycles. The first-order chi connectivity index (χ1) is 13.2. The Kier molecular flexibility index (Phi) is 5.12. The van der Waals surface area contributed by atoms with Crippen molar-refractivity contribution in [2.45, 2.75) is 13.0 Å². The molecule has 1 aromatic heterocycles. The van der Waals surface area contributed by atoms with Gasteiger partial charge in [0.15, 0.2) is 0 Å². The van der Waals surface area contributed by atoms with Gasteiger partial charge >= 0.3 is 0 Å². The Bertz CT molecular complexity index is 909. The van der Waals surface area contributed by atoms with Gasteiger partial charge < -0.3 is 19.5 Å². The van der Waals surface area contributed by atoms with Gasteiger partial charge in [0.2, 0.25) is 5.91 Å². The second kappa shape index (κ2) is 7.84. The van der Waals surface area contributed by atoms with Crippen molar-refractivity contribution in [2.24, 2.45) is 0 Å². The van der Waals surface area contributed by atoms with Gasteiger partial charge in [-0.2, -0.15) is 0 Å². The number of carbonyl (C=O) groups excluding carboxylic acids is 1. The lowest BCUT2D eigenvalue weighted by Gasteiger charge is -2.32. The van der Waals surface area contributed by atoms with Crippen LogP contribution in [0, 0.1) is 0 Å². The molecule has 0 unspecified atom stereocenters. The number of nitrogens with zero attached hydrogens (tertiary/aromatic N) is 1. The molecule has 1 aliphatic heterocycles. The number of H-pyrrole nitrogens is 1. The summed E-state index contributed by atoms with van der Waals surface area (Å²) in [7, 11) is 1.69. The first-order valence-electron chi connectivity index (χ1n) is 9.52. The number of piperazine rings is 1. The van der Waals surface area contributed by atoms with Crippen LogP contribution in [0.15, 0.2) is 54.7 Å². The van der Waals surface area contributed by atoms with Gasteiger partial charge in [0.1, 0.15) is 12.3 Å². The molecule has 140 valence electrons. The normalized spacial score (nSPS) is 15.2. The van der Waals surface area contributed by atoms with E-state index in [2.05, 4.69) is 23.2 Å². The molecule has 4 rings (SSSR count). The molecular weight excluding hydrogens is 338 g/mol. The van der Waals surface area contributed by atoms with Crippen molar-refractivity contribution in [1.29, 1.82) is 0 Å². The minimum atomic E-state index is 0.225. The Morgan fingerprint density at radius 2 is 1.85 bits per heavy atom. The zero-order chi connectivity index (χ0) is 18.6. The van der Waals surface area contributed by atoms with Crippen LogP contribution in [0.2, 0.25) is 0 Å². The number of amides is 1. The van der Waals surface area contributed by atoms with Crippen LogP contribution in [-0.4, -0.2) is 49.1 Å². The topological polar surface area (TPSA) is 49.8 Å². The Labute approximate surface area is 159 Å². The lowest BCUT2D eigenvalue weighted by molar-refractivity contribution is -0.917. The SMILES string of the molecule is COc1ccc(C[NH+]2CCN(C(=O)Cc3c[nH]c4ccccc34)CC2)cc1. The van der Waals surface area contributed by atoms with E-state index in [1.54, 1.807) is 7.11 Å². The third kappa shape index (κ3) is 3.98. The number of aromatic nitrogens is 1. The second-order valence-electron chi connectivity index (χ2n) is 7.19. The van der Waals surface area contributed by atoms with Gasteiger partial charge in [-0.15, -0.1) is 0 Å². The van der Waals surface area contributed by atoms with Crippen molar-refractivity contribution < 1.29 is 14.4 Å². The summed E-state index contributed by atoms with van der Waals surface area (Å²) in [5.74, 6) is 1.12. The van der Waals surface area contributed by atoms with E-state index in [0.29, 0.717) is 6.42 Å². The third-order valence-electron chi connectivity index (χ3n) is 5.45. The van der Waals surface area contributed by atoms with Gasteiger partial charge in [0, 0.05) is 22.7 Å². The second-order valence-corrected chi connectivity index (χ2v) is 7.19. The number of hydrogen-bond donors (Lipinski definition) is 2. The van der Waals surface area contributed by atoms with Crippen LogP contribution in [0.25, 0.3) is 10.9 Å². The summed E-state index contributed by atoms with van der Waals surface area (Å²) in [6.07, 6.45) is 2.44. The largest absolute Gasteiger partial charge is 0.497 e. The molecule has 5 heteroatoms. The van der Waals surface area contributed by atoms with Gasteiger partial charge in [0.05, 0.1) is 39.7 Å². The number of quaternary nitrogens is 1. The Morgan fingerprint density at radius 3 is 2.59 bits per heavy atom. The maximum Gasteiger partial charge on any atom is 0.227 e. The Morgan fingerprint density at radius 1 is 1.11 bits per heavy atom. The van der Waals surface area contributed by atoms with E-state index < -0.39 is 0 Å². The summed E-state index contributed by atoms with van der Waals surface area (Å²) < 4.78 is 5.22. The molecule has 0 atom stereocenters. The molecule has 0 saturated carbocycles. The molecule has 0 radical (unpaired) electrons. The van der Waals surface area contributed by atoms with Crippen LogP contribution in [0.5, 0.6) is 5.75 Å². The highest BCUT2D eigenvalue weighted by Gasteiger charge is 2.24. The van der Waals surface area contributed by atoms with Gasteiger partial charge in [-0.05, 0) is 35.9 Å². The van der Waals surface area contributed by atoms with Crippen molar-refractivity contribution in [3.05, 3.63) is 65.9 Å². The van der Waals surface area contributed by atoms with Gasteiger partial charge in [0.25, 0.3) is 0 Å². The van der Waals surface area contributed by atoms with Gasteiger partial charge in [-0.25, -0.2) is 0 Å². The van der Waals surface area contributed by atoms with Crippen LogP contribution in [0.1, 0.15) is 11.1 Å². The van der Waals surface area contributed by atoms with E-state index in [1.165, 1.54) is 10.5 Å². The lowest BCUT2D eigenvalue weighted by atomic mass is 10.1. The van der Waals surface area contributed by atoms with Crippen molar-refractivity contribution >= 4 is 16.8 Å². The number of methoxy groups -OCH3 is 1. The molecular formula is C22H26N3O2+. The zero-order valence-corrected chi connectivity index (χ0v) is 15.7. The summed E-state index contributed by atoms with van der Waals surface area (Å²) in [5, 5.41) is 1.15. The van der Waals surface area contributed by atoms with Crippen molar-refractivity contribution in [1.82, 2.24) is 9.88 Å². The highest BCUT2D eigenvalue weighted by molar-refractivity contribution is 5.88. The quantitative estimate of drug-likeness (QED) is 0.723. The van der Waals surface area contributed by atoms with Crippen molar-refractivity contribution in [2.75, 3.05) is 33.3 Å². The molecule has 27 heavy (non-hydrogen) atoms. The van der Waals surface area contributed by atoms with Crippen molar-refractivity contribution in [3.8, 4) is 5.75 Å². The minimum Gasteiger partial charge on any atom is -0.497 e. The maximum absolute atomic E-state index is 12.7. The summed E-state index contributed by atoms with van der Waals surface area (Å²) in [6, 6.07) is 16.4. The van der Waals surface area contributed by atoms with E-state index in [1.807, 2.05) is 41.4 Å². The number of fused-ring (bicyclic) bond motifs is 1. The fourth-order valence-corrected chi connectivity index (χ4v) is 3.83. The molecule has 1 fully saturated rings. The van der Waals surface area contributed by atoms with Gasteiger partial charge in [-0.3, -0.25) is 4.79 Å². The fourth-order valence-electron chi connectivity index (χ4n) is 3.83. The summed E-state index contributed by atoms with van der Waals surface area (Å²) in [5.41, 5.74) is 3.49. The molecule has 0 bridgehead atoms. The number of hydrogen-bond acceptors (Lipinski definition) is 2. The van der Waals surface area contributed by atoms with Crippen LogP contribution in [0.3, 0.4) is 0 Å². The number of ether oxygens (including phenoxy) is 1. The summed E-state index contributed by atoms with van der Waals surface area (Å²) in [6.45, 7) is 4.63. The summed E-state index contributed by atoms with van der Waals surface area (Å²) in [4.78, 5) is 19.5. The molecule has 5 nitrogen and oxygen atoms in total.